The molecule has 3 rings (SSSR count). The van der Waals surface area contributed by atoms with Gasteiger partial charge in [-0.15, -0.1) is 0 Å². The van der Waals surface area contributed by atoms with Gasteiger partial charge in [-0.1, -0.05) is 24.3 Å². The predicted octanol–water partition coefficient (Wildman–Crippen LogP) is 2.22. The maximum atomic E-state index is 6.21. The maximum absolute atomic E-state index is 6.21. The monoisotopic (exact) mass is 330 g/mol. The molecule has 0 atom stereocenters. The molecule has 0 saturated carbocycles. The predicted molar refractivity (Wildman–Crippen MR) is 99.9 cm³/mol. The Balaban J connectivity index is 1.85. The standard InChI is InChI=1S/C19H28BNO3/c1-18(2)19(3,4)24-20(23-18)16-10-9-15-8-6-7-11-21(5)12-13-22-17(15)14-16/h6,8-10,14H,7,11-13H2,1-5H3/p+1/b8-6-. The average molecular weight is 330 g/mol. The van der Waals surface area contributed by atoms with Crippen LogP contribution in [0.4, 0.5) is 0 Å². The molecular weight excluding hydrogens is 301 g/mol. The van der Waals surface area contributed by atoms with Crippen LogP contribution in [0.25, 0.3) is 6.08 Å². The Labute approximate surface area is 145 Å². The van der Waals surface area contributed by atoms with Crippen molar-refractivity contribution in [1.82, 2.24) is 4.90 Å². The quantitative estimate of drug-likeness (QED) is 0.585. The first kappa shape index (κ1) is 17.5. The first-order valence-corrected chi connectivity index (χ1v) is 8.80. The summed E-state index contributed by atoms with van der Waals surface area (Å²) in [7, 11) is 1.90. The molecule has 2 aliphatic heterocycles. The fourth-order valence-corrected chi connectivity index (χ4v) is 2.94. The molecule has 24 heavy (non-hydrogen) atoms. The van der Waals surface area contributed by atoms with Gasteiger partial charge in [-0.3, -0.25) is 0 Å². The fraction of sp³-hybridized carbons (Fsp3) is 0.579. The Hall–Kier alpha value is -1.30. The van der Waals surface area contributed by atoms with Crippen LogP contribution in [0.3, 0.4) is 0 Å². The highest BCUT2D eigenvalue weighted by Gasteiger charge is 2.59. The largest absolute Gasteiger partial charge is 0.732 e. The van der Waals surface area contributed by atoms with E-state index in [0.717, 1.165) is 36.3 Å². The van der Waals surface area contributed by atoms with E-state index in [0.29, 0.717) is 6.61 Å². The van der Waals surface area contributed by atoms with Crippen molar-refractivity contribution >= 4 is 18.7 Å². The summed E-state index contributed by atoms with van der Waals surface area (Å²) in [6.45, 7) is 11.2. The molecule has 0 aliphatic carbocycles. The molecule has 1 saturated heterocycles. The van der Waals surface area contributed by atoms with Crippen LogP contribution in [0.5, 0.6) is 5.75 Å². The molecule has 2 aliphatic rings. The number of rotatable bonds is 1. The van der Waals surface area contributed by atoms with E-state index in [9.17, 15) is 0 Å². The Morgan fingerprint density at radius 1 is 1.17 bits per heavy atom. The number of fused-ring (bicyclic) bond motifs is 1. The Bertz CT molecular complexity index is 611. The van der Waals surface area contributed by atoms with E-state index in [1.54, 1.807) is 0 Å². The first-order valence-electron chi connectivity index (χ1n) is 8.80. The van der Waals surface area contributed by atoms with E-state index in [1.807, 2.05) is 0 Å². The number of nitrogens with zero attached hydrogens (tertiary/aromatic N) is 1. The van der Waals surface area contributed by atoms with Gasteiger partial charge >= 0.3 is 7.12 Å². The molecule has 0 spiro atoms. The molecule has 1 aromatic carbocycles. The van der Waals surface area contributed by atoms with Crippen LogP contribution in [0.2, 0.25) is 0 Å². The van der Waals surface area contributed by atoms with Crippen molar-refractivity contribution in [2.24, 2.45) is 0 Å². The molecule has 0 aromatic heterocycles. The number of hydrogen-bond acceptors (Lipinski definition) is 3. The Morgan fingerprint density at radius 2 is 1.96 bits per heavy atom. The highest BCUT2D eigenvalue weighted by Crippen LogP contribution is 2.34. The van der Waals surface area contributed by atoms with Crippen molar-refractivity contribution in [3.8, 4) is 5.75 Å². The van der Waals surface area contributed by atoms with E-state index < -0.39 is 0 Å². The average Bonchev–Trinajstić information content (AvgIpc) is 2.73. The lowest BCUT2D eigenvalue weighted by Crippen LogP contribution is -2.43. The van der Waals surface area contributed by atoms with Crippen molar-refractivity contribution in [3.63, 3.8) is 0 Å². The molecule has 5 heteroatoms. The van der Waals surface area contributed by atoms with Crippen molar-refractivity contribution in [2.45, 2.75) is 45.3 Å². The topological polar surface area (TPSA) is 34.5 Å². The van der Waals surface area contributed by atoms with Crippen molar-refractivity contribution < 1.29 is 14.0 Å². The Morgan fingerprint density at radius 3 is 2.67 bits per heavy atom. The van der Waals surface area contributed by atoms with Crippen LogP contribution >= 0.6 is 0 Å². The van der Waals surface area contributed by atoms with E-state index in [2.05, 4.69) is 70.0 Å². The van der Waals surface area contributed by atoms with Crippen LogP contribution in [0, 0.1) is 0 Å². The third-order valence-corrected chi connectivity index (χ3v) is 5.35. The molecule has 1 N–H and O–H groups in total. The number of ether oxygens (including phenoxy) is 1. The van der Waals surface area contributed by atoms with Crippen molar-refractivity contribution in [3.05, 3.63) is 29.8 Å². The SMILES string of the molecule is CN1CC/C=C\c2ccc(B3OC(C)(C)C(C)(C)[OH+]3)cc2OCC1. The van der Waals surface area contributed by atoms with Gasteiger partial charge in [0.25, 0.3) is 0 Å². The van der Waals surface area contributed by atoms with Gasteiger partial charge in [0, 0.05) is 32.5 Å². The summed E-state index contributed by atoms with van der Waals surface area (Å²) in [4.78, 5) is 2.29. The maximum Gasteiger partial charge on any atom is 0.732 e. The lowest BCUT2D eigenvalue weighted by atomic mass is 9.78. The van der Waals surface area contributed by atoms with Gasteiger partial charge in [-0.2, -0.15) is 0 Å². The van der Waals surface area contributed by atoms with Gasteiger partial charge < -0.3 is 18.9 Å². The molecular formula is C19H29BNO3+. The summed E-state index contributed by atoms with van der Waals surface area (Å²) in [5.41, 5.74) is 1.70. The second-order valence-corrected chi connectivity index (χ2v) is 7.81. The van der Waals surface area contributed by atoms with E-state index in [-0.39, 0.29) is 18.3 Å². The molecule has 0 radical (unpaired) electrons. The fourth-order valence-electron chi connectivity index (χ4n) is 2.94. The minimum Gasteiger partial charge on any atom is -0.505 e. The van der Waals surface area contributed by atoms with Gasteiger partial charge in [0.15, 0.2) is 5.60 Å². The van der Waals surface area contributed by atoms with E-state index >= 15 is 0 Å². The van der Waals surface area contributed by atoms with Gasteiger partial charge in [-0.25, -0.2) is 0 Å². The first-order chi connectivity index (χ1) is 11.3. The van der Waals surface area contributed by atoms with Crippen LogP contribution in [0.1, 0.15) is 39.7 Å². The normalized spacial score (nSPS) is 25.0. The number of hydrogen-bond donors (Lipinski definition) is 0. The zero-order chi connectivity index (χ0) is 17.4. The minimum atomic E-state index is -0.277. The van der Waals surface area contributed by atoms with E-state index in [4.69, 9.17) is 14.0 Å². The van der Waals surface area contributed by atoms with Crippen LogP contribution in [0.15, 0.2) is 24.3 Å². The molecule has 2 heterocycles. The van der Waals surface area contributed by atoms with Gasteiger partial charge in [0.2, 0.25) is 0 Å². The smallest absolute Gasteiger partial charge is 0.505 e. The highest BCUT2D eigenvalue weighted by molar-refractivity contribution is 6.61. The summed E-state index contributed by atoms with van der Waals surface area (Å²) >= 11 is 0. The second-order valence-electron chi connectivity index (χ2n) is 7.81. The van der Waals surface area contributed by atoms with Crippen molar-refractivity contribution in [2.75, 3.05) is 26.7 Å². The molecule has 130 valence electrons. The van der Waals surface area contributed by atoms with Gasteiger partial charge in [0.1, 0.15) is 18.0 Å². The van der Waals surface area contributed by atoms with Crippen molar-refractivity contribution in [1.29, 1.82) is 0 Å². The van der Waals surface area contributed by atoms with Gasteiger partial charge in [0.05, 0.1) is 5.46 Å². The molecule has 0 amide bonds. The minimum absolute atomic E-state index is 0.208. The van der Waals surface area contributed by atoms with Crippen LogP contribution in [-0.4, -0.2) is 54.6 Å². The summed E-state index contributed by atoms with van der Waals surface area (Å²) in [6.07, 6.45) is 5.42. The number of likely N-dealkylation sites (N-methyl/N-ethyl adjacent to an activating group) is 1. The molecule has 0 unspecified atom stereocenters. The zero-order valence-corrected chi connectivity index (χ0v) is 15.5. The zero-order valence-electron chi connectivity index (χ0n) is 15.5. The third-order valence-electron chi connectivity index (χ3n) is 5.35. The van der Waals surface area contributed by atoms with Crippen LogP contribution < -0.4 is 10.2 Å². The summed E-state index contributed by atoms with van der Waals surface area (Å²) in [6, 6.07) is 6.31. The molecule has 1 fully saturated rings. The molecule has 4 nitrogen and oxygen atoms in total. The number of benzene rings is 1. The summed E-state index contributed by atoms with van der Waals surface area (Å²) in [5, 5.41) is 0. The molecule has 0 bridgehead atoms. The third kappa shape index (κ3) is 3.53. The lowest BCUT2D eigenvalue weighted by Gasteiger charge is -2.28. The number of aliphatic hydroxyl groups is 1. The lowest BCUT2D eigenvalue weighted by molar-refractivity contribution is -0.0705. The van der Waals surface area contributed by atoms with E-state index in [1.165, 1.54) is 0 Å². The summed E-state index contributed by atoms with van der Waals surface area (Å²) < 4.78 is 17.1. The highest BCUT2D eigenvalue weighted by atomic mass is 16.7. The van der Waals surface area contributed by atoms with Crippen LogP contribution in [-0.2, 0) is 4.65 Å². The Kier molecular flexibility index (Phi) is 4.78. The second kappa shape index (κ2) is 6.55. The summed E-state index contributed by atoms with van der Waals surface area (Å²) in [5.74, 6) is 0.917. The van der Waals surface area contributed by atoms with Gasteiger partial charge in [-0.05, 0) is 33.4 Å². The molecule has 1 aromatic rings.